The summed E-state index contributed by atoms with van der Waals surface area (Å²) in [6, 6.07) is 6.14. The van der Waals surface area contributed by atoms with Crippen molar-refractivity contribution >= 4 is 54.6 Å². The van der Waals surface area contributed by atoms with Gasteiger partial charge in [-0.1, -0.05) is 13.3 Å². The van der Waals surface area contributed by atoms with Gasteiger partial charge in [-0.3, -0.25) is 0 Å². The Hall–Kier alpha value is -3.08. The van der Waals surface area contributed by atoms with Gasteiger partial charge in [0.15, 0.2) is 0 Å². The molecule has 0 radical (unpaired) electrons. The molecule has 1 N–H and O–H groups in total. The second kappa shape index (κ2) is 13.2. The van der Waals surface area contributed by atoms with Crippen molar-refractivity contribution in [3.63, 3.8) is 0 Å². The minimum atomic E-state index is -1.51. The maximum atomic E-state index is 17.4. The number of benzene rings is 2. The Morgan fingerprint density at radius 1 is 1.13 bits per heavy atom. The predicted octanol–water partition coefficient (Wildman–Crippen LogP) is 7.61. The molecule has 3 saturated heterocycles. The number of aryl methyl sites for hydroxylation is 1. The second-order valence-corrected chi connectivity index (χ2v) is 19.6. The van der Waals surface area contributed by atoms with E-state index in [0.29, 0.717) is 42.0 Å². The van der Waals surface area contributed by atoms with Crippen LogP contribution in [-0.4, -0.2) is 74.1 Å². The fourth-order valence-corrected chi connectivity index (χ4v) is 12.3. The molecule has 0 bridgehead atoms. The minimum absolute atomic E-state index is 0.00947. The maximum absolute atomic E-state index is 17.4. The standard InChI is InChI=1S/C37H48FIN6O/c1-8-10-22(3)15-27-20-43(21-27)37-41-35-29(36(42-37)45-19-24(5)44(18-25(45)6)31(46)9-2)16-30(39-13-14-39)33(34(35)38)32-23(4)11-12-28(17-40)26(32)7/h9,11-12,16-17,22,24-25,27,40H,2,8,10,13-15,18-21H2,1,3-7H3/t22?,24-,25+/m1/s1. The third kappa shape index (κ3) is 6.04. The first-order valence-electron chi connectivity index (χ1n) is 16.8. The van der Waals surface area contributed by atoms with Crippen LogP contribution in [0.5, 0.6) is 0 Å². The van der Waals surface area contributed by atoms with Gasteiger partial charge in [0.1, 0.15) is 0 Å². The average molecular weight is 739 g/mol. The summed E-state index contributed by atoms with van der Waals surface area (Å²) >= 11 is -1.51. The molecule has 0 aliphatic carbocycles. The van der Waals surface area contributed by atoms with E-state index in [2.05, 4.69) is 50.1 Å². The molecule has 3 aliphatic heterocycles. The predicted molar refractivity (Wildman–Crippen MR) is 197 cm³/mol. The molecule has 0 saturated carbocycles. The van der Waals surface area contributed by atoms with Crippen molar-refractivity contribution in [2.75, 3.05) is 44.8 Å². The quantitative estimate of drug-likeness (QED) is 0.100. The van der Waals surface area contributed by atoms with Gasteiger partial charge in [-0.25, -0.2) is 0 Å². The van der Waals surface area contributed by atoms with Crippen LogP contribution in [0.2, 0.25) is 0 Å². The van der Waals surface area contributed by atoms with E-state index >= 15 is 4.39 Å². The van der Waals surface area contributed by atoms with Crippen molar-refractivity contribution in [3.8, 4) is 11.1 Å². The number of hydrogen-bond donors (Lipinski definition) is 1. The first kappa shape index (κ1) is 32.8. The molecular weight excluding hydrogens is 690 g/mol. The molecule has 9 heteroatoms. The van der Waals surface area contributed by atoms with E-state index in [4.69, 9.17) is 15.4 Å². The molecule has 246 valence electrons. The van der Waals surface area contributed by atoms with Crippen LogP contribution in [0.3, 0.4) is 0 Å². The number of hydrogen-bond acceptors (Lipinski definition) is 6. The molecule has 7 nitrogen and oxygen atoms in total. The first-order chi connectivity index (χ1) is 22.1. The number of halogens is 2. The number of fused-ring (bicyclic) bond motifs is 1. The van der Waals surface area contributed by atoms with Crippen LogP contribution < -0.4 is 9.80 Å². The Bertz CT molecular complexity index is 1680. The first-order valence-corrected chi connectivity index (χ1v) is 20.9. The van der Waals surface area contributed by atoms with Crippen molar-refractivity contribution in [1.82, 2.24) is 14.9 Å². The Morgan fingerprint density at radius 2 is 1.87 bits per heavy atom. The summed E-state index contributed by atoms with van der Waals surface area (Å²) in [6.45, 7) is 19.5. The topological polar surface area (TPSA) is 76.4 Å². The third-order valence-electron chi connectivity index (χ3n) is 10.1. The van der Waals surface area contributed by atoms with Gasteiger partial charge in [0.2, 0.25) is 0 Å². The zero-order valence-electron chi connectivity index (χ0n) is 28.2. The molecular formula is C37H48FIN6O. The van der Waals surface area contributed by atoms with Gasteiger partial charge in [-0.15, -0.1) is 0 Å². The molecule has 3 aromatic rings. The summed E-state index contributed by atoms with van der Waals surface area (Å²) in [7, 11) is 0. The Balaban J connectivity index is 1.51. The Kier molecular flexibility index (Phi) is 9.43. The van der Waals surface area contributed by atoms with E-state index < -0.39 is 19.8 Å². The number of carbonyl (C=O) groups excluding carboxylic acids is 1. The summed E-state index contributed by atoms with van der Waals surface area (Å²) in [6.07, 6.45) is 6.39. The van der Waals surface area contributed by atoms with Gasteiger partial charge in [0.05, 0.1) is 0 Å². The van der Waals surface area contributed by atoms with Gasteiger partial charge < -0.3 is 0 Å². The number of rotatable bonds is 10. The number of anilines is 2. The van der Waals surface area contributed by atoms with E-state index in [-0.39, 0.29) is 23.8 Å². The second-order valence-electron chi connectivity index (χ2n) is 13.7. The Morgan fingerprint density at radius 3 is 2.52 bits per heavy atom. The van der Waals surface area contributed by atoms with Crippen molar-refractivity contribution < 1.29 is 9.18 Å². The monoisotopic (exact) mass is 738 g/mol. The summed E-state index contributed by atoms with van der Waals surface area (Å²) in [4.78, 5) is 29.3. The summed E-state index contributed by atoms with van der Waals surface area (Å²) in [5, 5.41) is 8.77. The van der Waals surface area contributed by atoms with Crippen LogP contribution in [0, 0.1) is 40.5 Å². The van der Waals surface area contributed by atoms with Gasteiger partial charge in [-0.2, -0.15) is 0 Å². The number of alkyl halides is 2. The molecule has 1 amide bonds. The molecule has 46 heavy (non-hydrogen) atoms. The number of carbonyl (C=O) groups is 1. The fourth-order valence-electron chi connectivity index (χ4n) is 7.52. The van der Waals surface area contributed by atoms with Crippen molar-refractivity contribution in [3.05, 3.63) is 56.9 Å². The van der Waals surface area contributed by atoms with E-state index in [0.717, 1.165) is 50.1 Å². The van der Waals surface area contributed by atoms with Crippen molar-refractivity contribution in [2.45, 2.75) is 72.9 Å². The van der Waals surface area contributed by atoms with Crippen LogP contribution >= 0.6 is 19.8 Å². The number of nitrogens with zero attached hydrogens (tertiary/aromatic N) is 5. The Labute approximate surface area is 280 Å². The molecule has 6 rings (SSSR count). The SMILES string of the molecule is C=CC(=O)N1C[C@H](C)N(c2nc(N3CC(CC(C)CCC)C3)nc3c(F)c(-c4c(C)ccc(C=N)c4C)c(I4CC4)cc23)C[C@H]1C. The molecule has 4 heterocycles. The van der Waals surface area contributed by atoms with Gasteiger partial charge in [0, 0.05) is 0 Å². The van der Waals surface area contributed by atoms with E-state index in [9.17, 15) is 4.79 Å². The van der Waals surface area contributed by atoms with Gasteiger partial charge in [-0.05, 0) is 0 Å². The molecule has 3 fully saturated rings. The molecule has 3 aliphatic rings. The van der Waals surface area contributed by atoms with E-state index in [1.807, 2.05) is 30.9 Å². The van der Waals surface area contributed by atoms with Gasteiger partial charge >= 0.3 is 268 Å². The summed E-state index contributed by atoms with van der Waals surface area (Å²) < 4.78 is 20.9. The summed E-state index contributed by atoms with van der Waals surface area (Å²) in [5.74, 6) is 2.33. The third-order valence-corrected chi connectivity index (χ3v) is 14.8. The molecule has 1 aromatic heterocycles. The molecule has 1 unspecified atom stereocenters. The van der Waals surface area contributed by atoms with Crippen LogP contribution in [0.15, 0.2) is 30.9 Å². The fraction of sp³-hybridized carbons (Fsp3) is 0.514. The molecule has 3 atom stereocenters. The molecule has 2 aromatic carbocycles. The average Bonchev–Trinajstić information content (AvgIpc) is 3.86. The zero-order chi connectivity index (χ0) is 32.9. The summed E-state index contributed by atoms with van der Waals surface area (Å²) in [5.41, 5.74) is 4.76. The number of aromatic nitrogens is 2. The van der Waals surface area contributed by atoms with Crippen molar-refractivity contribution in [1.29, 1.82) is 5.41 Å². The molecule has 0 spiro atoms. The normalized spacial score (nSPS) is 21.4. The number of amides is 1. The number of piperazine rings is 1. The van der Waals surface area contributed by atoms with Gasteiger partial charge in [0.25, 0.3) is 0 Å². The van der Waals surface area contributed by atoms with E-state index in [1.165, 1.54) is 40.4 Å². The van der Waals surface area contributed by atoms with Crippen LogP contribution in [-0.2, 0) is 4.79 Å². The van der Waals surface area contributed by atoms with Crippen LogP contribution in [0.25, 0.3) is 22.0 Å². The van der Waals surface area contributed by atoms with Crippen LogP contribution in [0.1, 0.15) is 63.6 Å². The zero-order valence-corrected chi connectivity index (χ0v) is 30.3. The van der Waals surface area contributed by atoms with Crippen molar-refractivity contribution in [2.24, 2.45) is 11.8 Å². The van der Waals surface area contributed by atoms with E-state index in [1.54, 1.807) is 0 Å². The number of nitrogens with one attached hydrogen (secondary N) is 1. The van der Waals surface area contributed by atoms with Crippen LogP contribution in [0.4, 0.5) is 16.2 Å².